The minimum Gasteiger partial charge on any atom is -0.459 e. The van der Waals surface area contributed by atoms with Crippen LogP contribution in [0.3, 0.4) is 0 Å². The largest absolute Gasteiger partial charge is 0.459 e. The molecule has 2 aromatic carbocycles. The minimum atomic E-state index is -3.54. The van der Waals surface area contributed by atoms with Crippen molar-refractivity contribution in [1.29, 1.82) is 0 Å². The highest BCUT2D eigenvalue weighted by Crippen LogP contribution is 2.23. The lowest BCUT2D eigenvalue weighted by atomic mass is 10.2. The second-order valence-electron chi connectivity index (χ2n) is 6.00. The Kier molecular flexibility index (Phi) is 5.34. The summed E-state index contributed by atoms with van der Waals surface area (Å²) in [5, 5.41) is 4.18. The fourth-order valence-corrected chi connectivity index (χ4v) is 3.95. The smallest absolute Gasteiger partial charge is 0.221 e. The van der Waals surface area contributed by atoms with Crippen molar-refractivity contribution in [1.82, 2.24) is 5.32 Å². The summed E-state index contributed by atoms with van der Waals surface area (Å²) < 4.78 is 30.3. The first-order valence-electron chi connectivity index (χ1n) is 8.11. The van der Waals surface area contributed by atoms with Crippen LogP contribution in [0.2, 0.25) is 5.02 Å². The Morgan fingerprint density at radius 2 is 1.85 bits per heavy atom. The highest BCUT2D eigenvalue weighted by molar-refractivity contribution is 7.91. The van der Waals surface area contributed by atoms with Crippen molar-refractivity contribution < 1.29 is 17.6 Å². The van der Waals surface area contributed by atoms with Crippen LogP contribution in [-0.4, -0.2) is 20.1 Å². The van der Waals surface area contributed by atoms with Crippen molar-refractivity contribution in [3.05, 3.63) is 65.4 Å². The van der Waals surface area contributed by atoms with E-state index in [1.165, 1.54) is 24.3 Å². The van der Waals surface area contributed by atoms with E-state index in [0.717, 1.165) is 11.0 Å². The Labute approximate surface area is 156 Å². The number of furan rings is 1. The molecule has 0 aliphatic rings. The van der Waals surface area contributed by atoms with Crippen LogP contribution in [0.1, 0.15) is 25.1 Å². The fraction of sp³-hybridized carbons (Fsp3) is 0.211. The number of nitrogens with one attached hydrogen (secondary N) is 1. The van der Waals surface area contributed by atoms with Crippen molar-refractivity contribution in [3.63, 3.8) is 0 Å². The van der Waals surface area contributed by atoms with E-state index < -0.39 is 9.84 Å². The van der Waals surface area contributed by atoms with Gasteiger partial charge in [-0.2, -0.15) is 0 Å². The molecule has 3 aromatic rings. The van der Waals surface area contributed by atoms with Crippen molar-refractivity contribution in [2.75, 3.05) is 5.75 Å². The van der Waals surface area contributed by atoms with E-state index in [0.29, 0.717) is 10.8 Å². The molecule has 0 unspecified atom stereocenters. The van der Waals surface area contributed by atoms with E-state index in [2.05, 4.69) is 5.32 Å². The van der Waals surface area contributed by atoms with Gasteiger partial charge in [0.15, 0.2) is 9.84 Å². The summed E-state index contributed by atoms with van der Waals surface area (Å²) in [6.45, 7) is 1.79. The number of sulfone groups is 1. The quantitative estimate of drug-likeness (QED) is 0.685. The summed E-state index contributed by atoms with van der Waals surface area (Å²) in [5.41, 5.74) is 0.744. The highest BCUT2D eigenvalue weighted by atomic mass is 35.5. The lowest BCUT2D eigenvalue weighted by molar-refractivity contribution is -0.121. The number of benzene rings is 2. The van der Waals surface area contributed by atoms with E-state index in [-0.39, 0.29) is 29.0 Å². The van der Waals surface area contributed by atoms with Gasteiger partial charge in [-0.15, -0.1) is 0 Å². The third kappa shape index (κ3) is 4.26. The molecule has 0 spiro atoms. The van der Waals surface area contributed by atoms with E-state index in [1.807, 2.05) is 30.3 Å². The van der Waals surface area contributed by atoms with Gasteiger partial charge in [0.2, 0.25) is 5.91 Å². The molecule has 0 fully saturated rings. The molecule has 1 atom stereocenters. The molecule has 1 N–H and O–H groups in total. The molecular weight excluding hydrogens is 374 g/mol. The topological polar surface area (TPSA) is 76.4 Å². The molecule has 0 radical (unpaired) electrons. The number of halogens is 1. The standard InChI is InChI=1S/C19H18ClNO4S/c1-13(18-12-14-4-2-3-5-17(14)25-18)21-19(22)10-11-26(23,24)16-8-6-15(20)7-9-16/h2-9,12-13H,10-11H2,1H3,(H,21,22)/t13-/m0/s1. The predicted molar refractivity (Wildman–Crippen MR) is 101 cm³/mol. The third-order valence-electron chi connectivity index (χ3n) is 4.02. The Morgan fingerprint density at radius 1 is 1.15 bits per heavy atom. The Balaban J connectivity index is 1.60. The van der Waals surface area contributed by atoms with Gasteiger partial charge in [0.05, 0.1) is 16.7 Å². The zero-order chi connectivity index (χ0) is 18.7. The van der Waals surface area contributed by atoms with Crippen LogP contribution < -0.4 is 5.32 Å². The summed E-state index contributed by atoms with van der Waals surface area (Å²) in [6, 6.07) is 15.0. The van der Waals surface area contributed by atoms with Crippen LogP contribution in [0.4, 0.5) is 0 Å². The number of rotatable bonds is 6. The third-order valence-corrected chi connectivity index (χ3v) is 6.00. The second-order valence-corrected chi connectivity index (χ2v) is 8.54. The summed E-state index contributed by atoms with van der Waals surface area (Å²) in [5.74, 6) is 0.00319. The molecule has 136 valence electrons. The number of carbonyl (C=O) groups is 1. The molecule has 26 heavy (non-hydrogen) atoms. The van der Waals surface area contributed by atoms with E-state index in [1.54, 1.807) is 6.92 Å². The van der Waals surface area contributed by atoms with Gasteiger partial charge < -0.3 is 9.73 Å². The molecule has 1 amide bonds. The van der Waals surface area contributed by atoms with Gasteiger partial charge in [0.25, 0.3) is 0 Å². The average Bonchev–Trinajstić information content (AvgIpc) is 3.05. The van der Waals surface area contributed by atoms with Crippen molar-refractivity contribution in [3.8, 4) is 0 Å². The van der Waals surface area contributed by atoms with Crippen LogP contribution in [0.25, 0.3) is 11.0 Å². The summed E-state index contributed by atoms with van der Waals surface area (Å²) in [6.07, 6.45) is -0.129. The van der Waals surface area contributed by atoms with Gasteiger partial charge in [-0.1, -0.05) is 29.8 Å². The van der Waals surface area contributed by atoms with Crippen LogP contribution in [0.15, 0.2) is 63.9 Å². The average molecular weight is 392 g/mol. The molecule has 0 saturated carbocycles. The first-order valence-corrected chi connectivity index (χ1v) is 10.1. The number of para-hydroxylation sites is 1. The Bertz CT molecular complexity index is 992. The maximum Gasteiger partial charge on any atom is 0.221 e. The van der Waals surface area contributed by atoms with Crippen LogP contribution in [-0.2, 0) is 14.6 Å². The molecule has 0 aliphatic carbocycles. The second kappa shape index (κ2) is 7.51. The predicted octanol–water partition coefficient (Wildman–Crippen LogP) is 4.13. The minimum absolute atomic E-state index is 0.129. The molecule has 0 aliphatic heterocycles. The molecule has 7 heteroatoms. The maximum atomic E-state index is 12.3. The summed E-state index contributed by atoms with van der Waals surface area (Å²) in [4.78, 5) is 12.3. The lowest BCUT2D eigenvalue weighted by Crippen LogP contribution is -2.28. The summed E-state index contributed by atoms with van der Waals surface area (Å²) >= 11 is 5.77. The molecule has 5 nitrogen and oxygen atoms in total. The van der Waals surface area contributed by atoms with Crippen LogP contribution in [0.5, 0.6) is 0 Å². The highest BCUT2D eigenvalue weighted by Gasteiger charge is 2.19. The van der Waals surface area contributed by atoms with Crippen molar-refractivity contribution in [2.45, 2.75) is 24.3 Å². The molecule has 0 saturated heterocycles. The van der Waals surface area contributed by atoms with Crippen LogP contribution in [0, 0.1) is 0 Å². The molecular formula is C19H18ClNO4S. The number of carbonyl (C=O) groups excluding carboxylic acids is 1. The molecule has 1 heterocycles. The number of hydrogen-bond acceptors (Lipinski definition) is 4. The number of fused-ring (bicyclic) bond motifs is 1. The zero-order valence-electron chi connectivity index (χ0n) is 14.1. The molecule has 0 bridgehead atoms. The monoisotopic (exact) mass is 391 g/mol. The van der Waals surface area contributed by atoms with Crippen molar-refractivity contribution in [2.24, 2.45) is 0 Å². The van der Waals surface area contributed by atoms with Gasteiger partial charge in [-0.25, -0.2) is 8.42 Å². The first kappa shape index (κ1) is 18.5. The zero-order valence-corrected chi connectivity index (χ0v) is 15.7. The summed E-state index contributed by atoms with van der Waals surface area (Å²) in [7, 11) is -3.54. The number of hydrogen-bond donors (Lipinski definition) is 1. The Hall–Kier alpha value is -2.31. The first-order chi connectivity index (χ1) is 12.3. The Morgan fingerprint density at radius 3 is 2.54 bits per heavy atom. The van der Waals surface area contributed by atoms with E-state index >= 15 is 0 Å². The number of amides is 1. The molecule has 3 rings (SSSR count). The van der Waals surface area contributed by atoms with Gasteiger partial charge in [0, 0.05) is 16.8 Å². The lowest BCUT2D eigenvalue weighted by Gasteiger charge is -2.11. The fourth-order valence-electron chi connectivity index (χ4n) is 2.59. The van der Waals surface area contributed by atoms with E-state index in [9.17, 15) is 13.2 Å². The van der Waals surface area contributed by atoms with Gasteiger partial charge in [-0.3, -0.25) is 4.79 Å². The SMILES string of the molecule is C[C@H](NC(=O)CCS(=O)(=O)c1ccc(Cl)cc1)c1cc2ccccc2o1. The maximum absolute atomic E-state index is 12.3. The van der Waals surface area contributed by atoms with Crippen molar-refractivity contribution >= 4 is 38.3 Å². The normalized spacial score (nSPS) is 12.8. The molecule has 1 aromatic heterocycles. The van der Waals surface area contributed by atoms with Gasteiger partial charge in [-0.05, 0) is 43.3 Å². The van der Waals surface area contributed by atoms with Gasteiger partial charge >= 0.3 is 0 Å². The van der Waals surface area contributed by atoms with E-state index in [4.69, 9.17) is 16.0 Å². The van der Waals surface area contributed by atoms with Gasteiger partial charge in [0.1, 0.15) is 11.3 Å². The van der Waals surface area contributed by atoms with Crippen LogP contribution >= 0.6 is 11.6 Å².